The fraction of sp³-hybridized carbons (Fsp3) is 0.250. The van der Waals surface area contributed by atoms with Crippen molar-refractivity contribution in [2.45, 2.75) is 38.5 Å². The molecule has 0 saturated heterocycles. The first-order valence-electron chi connectivity index (χ1n) is 9.86. The van der Waals surface area contributed by atoms with E-state index in [1.165, 1.54) is 5.56 Å². The van der Waals surface area contributed by atoms with E-state index in [2.05, 4.69) is 37.8 Å². The molecule has 0 fully saturated rings. The Morgan fingerprint density at radius 2 is 1.83 bits per heavy atom. The molecule has 6 heteroatoms. The Balaban J connectivity index is 1.75. The molecule has 0 radical (unpaired) electrons. The van der Waals surface area contributed by atoms with Gasteiger partial charge < -0.3 is 9.64 Å². The highest BCUT2D eigenvalue weighted by Gasteiger charge is 2.58. The fourth-order valence-electron chi connectivity index (χ4n) is 4.73. The van der Waals surface area contributed by atoms with Gasteiger partial charge in [0.2, 0.25) is 0 Å². The second-order valence-corrected chi connectivity index (χ2v) is 9.00. The molecule has 0 aliphatic carbocycles. The highest BCUT2D eigenvalue weighted by molar-refractivity contribution is 6.30. The number of rotatable bonds is 2. The van der Waals surface area contributed by atoms with Crippen LogP contribution in [0.2, 0.25) is 5.02 Å². The van der Waals surface area contributed by atoms with Gasteiger partial charge in [-0.05, 0) is 50.1 Å². The molecule has 5 rings (SSSR count). The summed E-state index contributed by atoms with van der Waals surface area (Å²) >= 11 is 6.22. The number of anilines is 1. The molecule has 2 aliphatic rings. The van der Waals surface area contributed by atoms with Gasteiger partial charge >= 0.3 is 0 Å². The van der Waals surface area contributed by atoms with Gasteiger partial charge in [-0.2, -0.15) is 0 Å². The monoisotopic (exact) mass is 420 g/mol. The van der Waals surface area contributed by atoms with E-state index in [4.69, 9.17) is 16.3 Å². The third-order valence-corrected chi connectivity index (χ3v) is 6.90. The van der Waals surface area contributed by atoms with E-state index in [9.17, 15) is 10.1 Å². The van der Waals surface area contributed by atoms with E-state index >= 15 is 0 Å². The van der Waals surface area contributed by atoms with Crippen LogP contribution in [0.15, 0.2) is 60.7 Å². The zero-order valence-corrected chi connectivity index (χ0v) is 17.7. The van der Waals surface area contributed by atoms with Gasteiger partial charge in [-0.15, -0.1) is 0 Å². The zero-order valence-electron chi connectivity index (χ0n) is 17.0. The highest BCUT2D eigenvalue weighted by Crippen LogP contribution is 2.56. The molecule has 0 bridgehead atoms. The molecule has 3 aromatic carbocycles. The molecule has 3 aromatic rings. The van der Waals surface area contributed by atoms with E-state index in [-0.39, 0.29) is 16.0 Å². The van der Waals surface area contributed by atoms with Crippen molar-refractivity contribution in [1.29, 1.82) is 0 Å². The summed E-state index contributed by atoms with van der Waals surface area (Å²) in [6.45, 7) is 6.99. The standard InChI is InChI=1S/C24H21ClN2O3/c1-23(2)20-9-4-5-10-21(20)26-14-16-12-18(27(28)29)13-19(22(16)30-24(23,26)3)15-7-6-8-17(25)11-15/h4-13H,14H2,1-3H3. The minimum absolute atomic E-state index is 0.0441. The molecule has 30 heavy (non-hydrogen) atoms. The molecular weight excluding hydrogens is 400 g/mol. The molecule has 0 N–H and O–H groups in total. The molecule has 0 spiro atoms. The lowest BCUT2D eigenvalue weighted by Crippen LogP contribution is -2.59. The molecular formula is C24H21ClN2O3. The van der Waals surface area contributed by atoms with E-state index in [0.717, 1.165) is 16.8 Å². The Kier molecular flexibility index (Phi) is 3.93. The first-order chi connectivity index (χ1) is 14.2. The van der Waals surface area contributed by atoms with Gasteiger partial charge in [0.05, 0.1) is 16.9 Å². The van der Waals surface area contributed by atoms with E-state index in [1.807, 2.05) is 30.3 Å². The lowest BCUT2D eigenvalue weighted by Gasteiger charge is -2.48. The smallest absolute Gasteiger partial charge is 0.270 e. The summed E-state index contributed by atoms with van der Waals surface area (Å²) in [5.41, 5.74) is 3.72. The first-order valence-corrected chi connectivity index (χ1v) is 10.2. The van der Waals surface area contributed by atoms with Crippen LogP contribution in [-0.2, 0) is 12.0 Å². The van der Waals surface area contributed by atoms with Crippen molar-refractivity contribution in [2.24, 2.45) is 0 Å². The maximum Gasteiger partial charge on any atom is 0.270 e. The van der Waals surface area contributed by atoms with Crippen molar-refractivity contribution in [3.05, 3.63) is 86.9 Å². The molecule has 1 atom stereocenters. The largest absolute Gasteiger partial charge is 0.466 e. The summed E-state index contributed by atoms with van der Waals surface area (Å²) in [6.07, 6.45) is 0. The SMILES string of the molecule is CC1(C)c2ccccc2N2Cc3cc([N+](=O)[O-])cc(-c4cccc(Cl)c4)c3OC21C. The Morgan fingerprint density at radius 1 is 1.07 bits per heavy atom. The van der Waals surface area contributed by atoms with Gasteiger partial charge in [0.15, 0.2) is 5.72 Å². The highest BCUT2D eigenvalue weighted by atomic mass is 35.5. The Bertz CT molecular complexity index is 1210. The topological polar surface area (TPSA) is 55.6 Å². The van der Waals surface area contributed by atoms with Gasteiger partial charge in [-0.1, -0.05) is 41.9 Å². The average Bonchev–Trinajstić information content (AvgIpc) is 2.88. The number of hydrogen-bond acceptors (Lipinski definition) is 4. The molecule has 5 nitrogen and oxygen atoms in total. The maximum atomic E-state index is 11.7. The number of hydrogen-bond donors (Lipinski definition) is 0. The van der Waals surface area contributed by atoms with Crippen molar-refractivity contribution >= 4 is 23.0 Å². The second kappa shape index (κ2) is 6.22. The van der Waals surface area contributed by atoms with Crippen LogP contribution in [0.1, 0.15) is 31.9 Å². The number of para-hydroxylation sites is 1. The van der Waals surface area contributed by atoms with Crippen molar-refractivity contribution in [3.8, 4) is 16.9 Å². The van der Waals surface area contributed by atoms with Gasteiger partial charge in [0.1, 0.15) is 5.75 Å². The summed E-state index contributed by atoms with van der Waals surface area (Å²) in [4.78, 5) is 13.5. The predicted molar refractivity (Wildman–Crippen MR) is 118 cm³/mol. The lowest BCUT2D eigenvalue weighted by molar-refractivity contribution is -0.384. The van der Waals surface area contributed by atoms with Gasteiger partial charge in [0.25, 0.3) is 5.69 Å². The minimum Gasteiger partial charge on any atom is -0.466 e. The molecule has 0 amide bonds. The summed E-state index contributed by atoms with van der Waals surface area (Å²) in [5, 5.41) is 12.2. The van der Waals surface area contributed by atoms with Crippen molar-refractivity contribution in [2.75, 3.05) is 4.90 Å². The van der Waals surface area contributed by atoms with Crippen LogP contribution >= 0.6 is 11.6 Å². The zero-order chi connectivity index (χ0) is 21.3. The van der Waals surface area contributed by atoms with Crippen LogP contribution in [0.4, 0.5) is 11.4 Å². The number of non-ortho nitro benzene ring substituents is 1. The van der Waals surface area contributed by atoms with E-state index in [0.29, 0.717) is 22.9 Å². The van der Waals surface area contributed by atoms with Crippen LogP contribution < -0.4 is 9.64 Å². The van der Waals surface area contributed by atoms with E-state index in [1.54, 1.807) is 18.2 Å². The van der Waals surface area contributed by atoms with Crippen LogP contribution in [0.5, 0.6) is 5.75 Å². The number of nitro benzene ring substituents is 1. The Labute approximate surface area is 180 Å². The van der Waals surface area contributed by atoms with Crippen molar-refractivity contribution in [3.63, 3.8) is 0 Å². The number of fused-ring (bicyclic) bond motifs is 4. The molecule has 2 aliphatic heterocycles. The van der Waals surface area contributed by atoms with Gasteiger partial charge in [-0.25, -0.2) is 0 Å². The van der Waals surface area contributed by atoms with Gasteiger partial charge in [0, 0.05) is 34.0 Å². The van der Waals surface area contributed by atoms with Crippen LogP contribution in [0.3, 0.4) is 0 Å². The summed E-state index contributed by atoms with van der Waals surface area (Å²) in [5.74, 6) is 0.683. The molecule has 152 valence electrons. The number of benzene rings is 3. The van der Waals surface area contributed by atoms with Crippen LogP contribution in [-0.4, -0.2) is 10.6 Å². The molecule has 0 saturated carbocycles. The van der Waals surface area contributed by atoms with Crippen LogP contribution in [0, 0.1) is 10.1 Å². The first kappa shape index (κ1) is 18.9. The quantitative estimate of drug-likeness (QED) is 0.359. The fourth-order valence-corrected chi connectivity index (χ4v) is 4.92. The Hall–Kier alpha value is -3.05. The van der Waals surface area contributed by atoms with Crippen LogP contribution in [0.25, 0.3) is 11.1 Å². The summed E-state index contributed by atoms with van der Waals surface area (Å²) < 4.78 is 6.76. The lowest BCUT2D eigenvalue weighted by atomic mass is 9.78. The Morgan fingerprint density at radius 3 is 2.57 bits per heavy atom. The molecule has 1 unspecified atom stereocenters. The predicted octanol–water partition coefficient (Wildman–Crippen LogP) is 6.32. The number of halogens is 1. The maximum absolute atomic E-state index is 11.7. The van der Waals surface area contributed by atoms with Crippen molar-refractivity contribution < 1.29 is 9.66 Å². The number of nitro groups is 1. The third kappa shape index (κ3) is 2.48. The molecule has 2 heterocycles. The van der Waals surface area contributed by atoms with Crippen molar-refractivity contribution in [1.82, 2.24) is 0 Å². The minimum atomic E-state index is -0.632. The summed E-state index contributed by atoms with van der Waals surface area (Å²) in [7, 11) is 0. The number of nitrogens with zero attached hydrogens (tertiary/aromatic N) is 2. The summed E-state index contributed by atoms with van der Waals surface area (Å²) in [6, 6.07) is 18.8. The average molecular weight is 421 g/mol. The normalized spacial score (nSPS) is 20.7. The van der Waals surface area contributed by atoms with E-state index < -0.39 is 5.72 Å². The second-order valence-electron chi connectivity index (χ2n) is 8.56. The third-order valence-electron chi connectivity index (χ3n) is 6.67. The molecule has 0 aromatic heterocycles. The van der Waals surface area contributed by atoms with Gasteiger partial charge in [-0.3, -0.25) is 10.1 Å². The number of ether oxygens (including phenoxy) is 1.